The summed E-state index contributed by atoms with van der Waals surface area (Å²) in [4.78, 5) is 27.8. The van der Waals surface area contributed by atoms with Gasteiger partial charge in [0.05, 0.1) is 29.4 Å². The van der Waals surface area contributed by atoms with Crippen molar-refractivity contribution >= 4 is 22.8 Å². The summed E-state index contributed by atoms with van der Waals surface area (Å²) >= 11 is 0. The summed E-state index contributed by atoms with van der Waals surface area (Å²) < 4.78 is 19.9. The van der Waals surface area contributed by atoms with Gasteiger partial charge in [-0.2, -0.15) is 0 Å². The van der Waals surface area contributed by atoms with E-state index < -0.39 is 0 Å². The Labute approximate surface area is 142 Å². The summed E-state index contributed by atoms with van der Waals surface area (Å²) in [6, 6.07) is 5.95. The first kappa shape index (κ1) is 16.7. The molecule has 0 radical (unpaired) electrons. The van der Waals surface area contributed by atoms with Crippen molar-refractivity contribution in [3.05, 3.63) is 54.0 Å². The Morgan fingerprint density at radius 2 is 2.12 bits per heavy atom. The summed E-state index contributed by atoms with van der Waals surface area (Å²) in [6.45, 7) is 0.234. The minimum Gasteiger partial charge on any atom is -0.472 e. The number of rotatable bonds is 6. The van der Waals surface area contributed by atoms with Crippen molar-refractivity contribution < 1.29 is 18.4 Å². The van der Waals surface area contributed by atoms with E-state index in [0.29, 0.717) is 24.0 Å². The van der Waals surface area contributed by atoms with Crippen LogP contribution < -0.4 is 10.6 Å². The van der Waals surface area contributed by atoms with E-state index in [1.165, 1.54) is 30.7 Å². The Bertz CT molecular complexity index is 902. The predicted octanol–water partition coefficient (Wildman–Crippen LogP) is 1.39. The SMILES string of the molecule is Cn1c(CCNC(=O)CNC(=O)c2ccoc2)nc2cc(F)ccc21. The first-order valence-electron chi connectivity index (χ1n) is 7.72. The predicted molar refractivity (Wildman–Crippen MR) is 88.4 cm³/mol. The molecule has 130 valence electrons. The highest BCUT2D eigenvalue weighted by Gasteiger charge is 2.11. The molecule has 2 aromatic heterocycles. The van der Waals surface area contributed by atoms with Gasteiger partial charge in [0.2, 0.25) is 5.91 Å². The Morgan fingerprint density at radius 3 is 2.88 bits per heavy atom. The standard InChI is InChI=1S/C17H17FN4O3/c1-22-14-3-2-12(18)8-13(14)21-15(22)4-6-19-16(23)9-20-17(24)11-5-7-25-10-11/h2-3,5,7-8,10H,4,6,9H2,1H3,(H,19,23)(H,20,24). The van der Waals surface area contributed by atoms with Crippen LogP contribution in [0.15, 0.2) is 41.2 Å². The molecular formula is C17H17FN4O3. The maximum atomic E-state index is 13.2. The molecule has 0 saturated heterocycles. The maximum Gasteiger partial charge on any atom is 0.254 e. The molecule has 2 N–H and O–H groups in total. The Hall–Kier alpha value is -3.16. The number of halogens is 1. The number of hydrogen-bond acceptors (Lipinski definition) is 4. The molecule has 2 heterocycles. The fourth-order valence-electron chi connectivity index (χ4n) is 2.48. The van der Waals surface area contributed by atoms with Gasteiger partial charge in [0.1, 0.15) is 17.9 Å². The van der Waals surface area contributed by atoms with E-state index in [4.69, 9.17) is 4.42 Å². The highest BCUT2D eigenvalue weighted by atomic mass is 19.1. The van der Waals surface area contributed by atoms with Gasteiger partial charge in [-0.25, -0.2) is 9.37 Å². The van der Waals surface area contributed by atoms with E-state index >= 15 is 0 Å². The van der Waals surface area contributed by atoms with Crippen LogP contribution in [0.25, 0.3) is 11.0 Å². The van der Waals surface area contributed by atoms with Gasteiger partial charge in [0.15, 0.2) is 0 Å². The lowest BCUT2D eigenvalue weighted by molar-refractivity contribution is -0.120. The fraction of sp³-hybridized carbons (Fsp3) is 0.235. The third kappa shape index (κ3) is 3.85. The van der Waals surface area contributed by atoms with Crippen LogP contribution in [0.4, 0.5) is 4.39 Å². The van der Waals surface area contributed by atoms with E-state index in [2.05, 4.69) is 15.6 Å². The zero-order valence-corrected chi connectivity index (χ0v) is 13.6. The molecule has 0 unspecified atom stereocenters. The van der Waals surface area contributed by atoms with Crippen molar-refractivity contribution in [1.82, 2.24) is 20.2 Å². The highest BCUT2D eigenvalue weighted by Crippen LogP contribution is 2.16. The number of imidazole rings is 1. The monoisotopic (exact) mass is 344 g/mol. The summed E-state index contributed by atoms with van der Waals surface area (Å²) in [6.07, 6.45) is 3.19. The lowest BCUT2D eigenvalue weighted by Crippen LogP contribution is -2.37. The zero-order valence-electron chi connectivity index (χ0n) is 13.6. The van der Waals surface area contributed by atoms with Crippen LogP contribution in [0.5, 0.6) is 0 Å². The average Bonchev–Trinajstić information content (AvgIpc) is 3.22. The van der Waals surface area contributed by atoms with E-state index in [1.54, 1.807) is 6.07 Å². The topological polar surface area (TPSA) is 89.2 Å². The molecule has 1 aromatic carbocycles. The van der Waals surface area contributed by atoms with Gasteiger partial charge in [-0.3, -0.25) is 9.59 Å². The smallest absolute Gasteiger partial charge is 0.254 e. The van der Waals surface area contributed by atoms with E-state index in [1.807, 2.05) is 11.6 Å². The van der Waals surface area contributed by atoms with Gasteiger partial charge in [-0.1, -0.05) is 0 Å². The van der Waals surface area contributed by atoms with Crippen molar-refractivity contribution in [2.75, 3.05) is 13.1 Å². The zero-order chi connectivity index (χ0) is 17.8. The quantitative estimate of drug-likeness (QED) is 0.707. The van der Waals surface area contributed by atoms with Crippen LogP contribution in [0.1, 0.15) is 16.2 Å². The second kappa shape index (κ2) is 7.16. The molecule has 0 fully saturated rings. The molecule has 0 spiro atoms. The number of furan rings is 1. The number of aromatic nitrogens is 2. The Morgan fingerprint density at radius 1 is 1.28 bits per heavy atom. The second-order valence-corrected chi connectivity index (χ2v) is 5.51. The number of aryl methyl sites for hydroxylation is 1. The van der Waals surface area contributed by atoms with Crippen molar-refractivity contribution in [1.29, 1.82) is 0 Å². The number of amides is 2. The number of carbonyl (C=O) groups is 2. The molecule has 0 saturated carbocycles. The first-order valence-corrected chi connectivity index (χ1v) is 7.72. The van der Waals surface area contributed by atoms with Crippen LogP contribution >= 0.6 is 0 Å². The second-order valence-electron chi connectivity index (χ2n) is 5.51. The Kier molecular flexibility index (Phi) is 4.78. The number of carbonyl (C=O) groups excluding carboxylic acids is 2. The summed E-state index contributed by atoms with van der Waals surface area (Å²) in [7, 11) is 1.84. The van der Waals surface area contributed by atoms with Crippen LogP contribution in [-0.2, 0) is 18.3 Å². The van der Waals surface area contributed by atoms with Crippen molar-refractivity contribution in [2.24, 2.45) is 7.05 Å². The summed E-state index contributed by atoms with van der Waals surface area (Å²) in [5.41, 5.74) is 1.77. The van der Waals surface area contributed by atoms with E-state index in [0.717, 1.165) is 11.3 Å². The lowest BCUT2D eigenvalue weighted by Gasteiger charge is -2.06. The minimum atomic E-state index is -0.374. The number of nitrogens with zero attached hydrogens (tertiary/aromatic N) is 2. The lowest BCUT2D eigenvalue weighted by atomic mass is 10.3. The average molecular weight is 344 g/mol. The van der Waals surface area contributed by atoms with Crippen LogP contribution in [0, 0.1) is 5.82 Å². The summed E-state index contributed by atoms with van der Waals surface area (Å²) in [5, 5.41) is 5.21. The molecule has 0 aliphatic heterocycles. The third-order valence-electron chi connectivity index (χ3n) is 3.80. The third-order valence-corrected chi connectivity index (χ3v) is 3.80. The van der Waals surface area contributed by atoms with E-state index in [9.17, 15) is 14.0 Å². The maximum absolute atomic E-state index is 13.2. The number of nitrogens with one attached hydrogen (secondary N) is 2. The molecule has 0 bridgehead atoms. The molecular weight excluding hydrogens is 327 g/mol. The van der Waals surface area contributed by atoms with Gasteiger partial charge in [-0.15, -0.1) is 0 Å². The van der Waals surface area contributed by atoms with Crippen LogP contribution in [-0.4, -0.2) is 34.5 Å². The molecule has 3 rings (SSSR count). The summed E-state index contributed by atoms with van der Waals surface area (Å²) in [5.74, 6) is -0.273. The molecule has 7 nitrogen and oxygen atoms in total. The van der Waals surface area contributed by atoms with Crippen LogP contribution in [0.3, 0.4) is 0 Å². The first-order chi connectivity index (χ1) is 12.0. The van der Waals surface area contributed by atoms with Gasteiger partial charge in [0, 0.05) is 26.1 Å². The Balaban J connectivity index is 1.48. The molecule has 3 aromatic rings. The molecule has 2 amide bonds. The molecule has 0 aliphatic rings. The van der Waals surface area contributed by atoms with E-state index in [-0.39, 0.29) is 24.2 Å². The van der Waals surface area contributed by atoms with Crippen molar-refractivity contribution in [3.63, 3.8) is 0 Å². The fourth-order valence-corrected chi connectivity index (χ4v) is 2.48. The van der Waals surface area contributed by atoms with Gasteiger partial charge >= 0.3 is 0 Å². The molecule has 8 heteroatoms. The number of hydrogen-bond donors (Lipinski definition) is 2. The number of fused-ring (bicyclic) bond motifs is 1. The van der Waals surface area contributed by atoms with Crippen LogP contribution in [0.2, 0.25) is 0 Å². The molecule has 25 heavy (non-hydrogen) atoms. The van der Waals surface area contributed by atoms with Gasteiger partial charge in [0.25, 0.3) is 5.91 Å². The van der Waals surface area contributed by atoms with Gasteiger partial charge < -0.3 is 19.6 Å². The molecule has 0 atom stereocenters. The number of benzene rings is 1. The normalized spacial score (nSPS) is 10.8. The minimum absolute atomic E-state index is 0.127. The van der Waals surface area contributed by atoms with Crippen molar-refractivity contribution in [3.8, 4) is 0 Å². The molecule has 0 aliphatic carbocycles. The van der Waals surface area contributed by atoms with Gasteiger partial charge in [-0.05, 0) is 18.2 Å². The largest absolute Gasteiger partial charge is 0.472 e. The highest BCUT2D eigenvalue weighted by molar-refractivity contribution is 5.96. The van der Waals surface area contributed by atoms with Crippen molar-refractivity contribution in [2.45, 2.75) is 6.42 Å².